The molecule has 0 fully saturated rings. The second-order valence-electron chi connectivity index (χ2n) is 2.74. The molecular formula is C8H4N2O6. The molecule has 1 aliphatic heterocycles. The lowest BCUT2D eigenvalue weighted by atomic mass is 10.4. The van der Waals surface area contributed by atoms with Crippen molar-refractivity contribution in [1.82, 2.24) is 9.97 Å². The van der Waals surface area contributed by atoms with Crippen LogP contribution in [0.5, 0.6) is 11.6 Å². The summed E-state index contributed by atoms with van der Waals surface area (Å²) in [5, 5.41) is 0. The Balaban J connectivity index is 2.64. The van der Waals surface area contributed by atoms with E-state index in [1.54, 1.807) is 0 Å². The van der Waals surface area contributed by atoms with Crippen molar-refractivity contribution in [2.24, 2.45) is 0 Å². The van der Waals surface area contributed by atoms with E-state index in [4.69, 9.17) is 0 Å². The van der Waals surface area contributed by atoms with Gasteiger partial charge >= 0.3 is 23.2 Å². The SMILES string of the molecule is O=C1/C=C/C(=O)Oc2c([nH]c(=O)[nH]c2=O)O1. The maximum atomic E-state index is 11.2. The van der Waals surface area contributed by atoms with Crippen LogP contribution in [0.15, 0.2) is 21.7 Å². The highest BCUT2D eigenvalue weighted by atomic mass is 16.6. The zero-order chi connectivity index (χ0) is 11.7. The molecule has 2 rings (SSSR count). The van der Waals surface area contributed by atoms with Gasteiger partial charge in [-0.2, -0.15) is 0 Å². The van der Waals surface area contributed by atoms with E-state index in [2.05, 4.69) is 9.47 Å². The van der Waals surface area contributed by atoms with Gasteiger partial charge in [-0.05, 0) is 0 Å². The topological polar surface area (TPSA) is 118 Å². The van der Waals surface area contributed by atoms with Crippen molar-refractivity contribution in [3.05, 3.63) is 33.0 Å². The first kappa shape index (κ1) is 9.90. The average Bonchev–Trinajstić information content (AvgIpc) is 2.18. The molecule has 2 heterocycles. The maximum absolute atomic E-state index is 11.2. The van der Waals surface area contributed by atoms with Gasteiger partial charge in [0.25, 0.3) is 11.6 Å². The minimum absolute atomic E-state index is 0.503. The van der Waals surface area contributed by atoms with Gasteiger partial charge < -0.3 is 9.47 Å². The zero-order valence-corrected chi connectivity index (χ0v) is 7.60. The Morgan fingerprint density at radius 1 is 0.875 bits per heavy atom. The first-order valence-corrected chi connectivity index (χ1v) is 4.04. The quantitative estimate of drug-likeness (QED) is 0.514. The van der Waals surface area contributed by atoms with Crippen LogP contribution in [-0.2, 0) is 9.59 Å². The average molecular weight is 224 g/mol. The summed E-state index contributed by atoms with van der Waals surface area (Å²) in [6.45, 7) is 0. The molecule has 0 atom stereocenters. The van der Waals surface area contributed by atoms with E-state index in [-0.39, 0.29) is 0 Å². The van der Waals surface area contributed by atoms with Crippen molar-refractivity contribution in [3.8, 4) is 11.6 Å². The first-order valence-electron chi connectivity index (χ1n) is 4.04. The van der Waals surface area contributed by atoms with E-state index >= 15 is 0 Å². The van der Waals surface area contributed by atoms with E-state index in [1.807, 2.05) is 9.97 Å². The Labute approximate surface area is 86.5 Å². The number of aromatic nitrogens is 2. The summed E-state index contributed by atoms with van der Waals surface area (Å²) >= 11 is 0. The van der Waals surface area contributed by atoms with Crippen LogP contribution in [0, 0.1) is 0 Å². The van der Waals surface area contributed by atoms with Gasteiger partial charge in [0.15, 0.2) is 0 Å². The molecular weight excluding hydrogens is 220 g/mol. The molecule has 0 bridgehead atoms. The predicted octanol–water partition coefficient (Wildman–Crippen LogP) is -1.56. The van der Waals surface area contributed by atoms with E-state index in [0.29, 0.717) is 0 Å². The van der Waals surface area contributed by atoms with E-state index < -0.39 is 34.8 Å². The standard InChI is InChI=1S/C8H4N2O6/c11-3-1-2-4(12)16-7-5(15-3)6(13)9-8(14)10-7/h1-2H,(H2,9,10,13,14)/b2-1+. The summed E-state index contributed by atoms with van der Waals surface area (Å²) in [6.07, 6.45) is 1.61. The Morgan fingerprint density at radius 2 is 1.50 bits per heavy atom. The van der Waals surface area contributed by atoms with E-state index in [9.17, 15) is 19.2 Å². The third-order valence-corrected chi connectivity index (χ3v) is 1.63. The minimum Gasteiger partial charge on any atom is -0.412 e. The van der Waals surface area contributed by atoms with Crippen molar-refractivity contribution < 1.29 is 19.1 Å². The van der Waals surface area contributed by atoms with Gasteiger partial charge in [0.1, 0.15) is 0 Å². The first-order chi connectivity index (χ1) is 7.56. The van der Waals surface area contributed by atoms with Gasteiger partial charge in [-0.15, -0.1) is 0 Å². The highest BCUT2D eigenvalue weighted by molar-refractivity contribution is 5.94. The predicted molar refractivity (Wildman–Crippen MR) is 48.1 cm³/mol. The number of hydrogen-bond donors (Lipinski definition) is 2. The number of rotatable bonds is 0. The van der Waals surface area contributed by atoms with Crippen LogP contribution in [-0.4, -0.2) is 21.9 Å². The fourth-order valence-electron chi connectivity index (χ4n) is 1.02. The number of carbonyl (C=O) groups is 2. The summed E-state index contributed by atoms with van der Waals surface area (Å²) in [5.41, 5.74) is -1.84. The number of esters is 2. The molecule has 1 aromatic rings. The van der Waals surface area contributed by atoms with Gasteiger partial charge in [-0.3, -0.25) is 14.8 Å². The van der Waals surface area contributed by atoms with Crippen LogP contribution in [0.25, 0.3) is 0 Å². The molecule has 0 saturated carbocycles. The molecule has 1 aromatic heterocycles. The van der Waals surface area contributed by atoms with Crippen molar-refractivity contribution in [2.75, 3.05) is 0 Å². The molecule has 8 nitrogen and oxygen atoms in total. The van der Waals surface area contributed by atoms with Crippen molar-refractivity contribution in [2.45, 2.75) is 0 Å². The summed E-state index contributed by atoms with van der Waals surface area (Å²) in [7, 11) is 0. The molecule has 0 amide bonds. The number of hydrogen-bond acceptors (Lipinski definition) is 6. The Kier molecular flexibility index (Phi) is 2.16. The van der Waals surface area contributed by atoms with Crippen molar-refractivity contribution in [1.29, 1.82) is 0 Å². The van der Waals surface area contributed by atoms with E-state index in [0.717, 1.165) is 12.2 Å². The van der Waals surface area contributed by atoms with Crippen LogP contribution in [0.1, 0.15) is 0 Å². The van der Waals surface area contributed by atoms with Crippen LogP contribution in [0.2, 0.25) is 0 Å². The van der Waals surface area contributed by atoms with E-state index in [1.165, 1.54) is 0 Å². The third-order valence-electron chi connectivity index (χ3n) is 1.63. The number of fused-ring (bicyclic) bond motifs is 1. The van der Waals surface area contributed by atoms with Gasteiger partial charge in [-0.1, -0.05) is 0 Å². The second-order valence-corrected chi connectivity index (χ2v) is 2.74. The number of H-pyrrole nitrogens is 2. The molecule has 0 spiro atoms. The summed E-state index contributed by atoms with van der Waals surface area (Å²) in [4.78, 5) is 48.0. The van der Waals surface area contributed by atoms with Crippen LogP contribution in [0.3, 0.4) is 0 Å². The fourth-order valence-corrected chi connectivity index (χ4v) is 1.02. The fraction of sp³-hybridized carbons (Fsp3) is 0. The van der Waals surface area contributed by atoms with Gasteiger partial charge in [0, 0.05) is 12.2 Å². The minimum atomic E-state index is -0.963. The molecule has 0 aromatic carbocycles. The molecule has 0 unspecified atom stereocenters. The van der Waals surface area contributed by atoms with Crippen molar-refractivity contribution >= 4 is 11.9 Å². The van der Waals surface area contributed by atoms with Crippen LogP contribution < -0.4 is 20.7 Å². The number of ether oxygens (including phenoxy) is 2. The molecule has 0 radical (unpaired) electrons. The number of carbonyl (C=O) groups excluding carboxylic acids is 2. The molecule has 2 N–H and O–H groups in total. The third kappa shape index (κ3) is 1.75. The van der Waals surface area contributed by atoms with Crippen molar-refractivity contribution in [3.63, 3.8) is 0 Å². The maximum Gasteiger partial charge on any atom is 0.337 e. The van der Waals surface area contributed by atoms with Gasteiger partial charge in [-0.25, -0.2) is 14.4 Å². The lowest BCUT2D eigenvalue weighted by Crippen LogP contribution is -2.28. The Hall–Kier alpha value is -2.64. The Morgan fingerprint density at radius 3 is 2.19 bits per heavy atom. The molecule has 0 saturated heterocycles. The number of nitrogens with one attached hydrogen (secondary N) is 2. The molecule has 16 heavy (non-hydrogen) atoms. The summed E-state index contributed by atoms with van der Waals surface area (Å²) in [5.74, 6) is -2.90. The zero-order valence-electron chi connectivity index (χ0n) is 7.60. The highest BCUT2D eigenvalue weighted by Gasteiger charge is 2.19. The van der Waals surface area contributed by atoms with Gasteiger partial charge in [0.05, 0.1) is 0 Å². The molecule has 1 aliphatic rings. The monoisotopic (exact) mass is 224 g/mol. The number of aromatic amines is 2. The normalized spacial score (nSPS) is 16.5. The Bertz CT molecular complexity index is 608. The smallest absolute Gasteiger partial charge is 0.337 e. The van der Waals surface area contributed by atoms with Crippen LogP contribution >= 0.6 is 0 Å². The molecule has 0 aliphatic carbocycles. The lowest BCUT2D eigenvalue weighted by Gasteiger charge is -2.08. The molecule has 82 valence electrons. The second kappa shape index (κ2) is 3.50. The molecule has 8 heteroatoms. The van der Waals surface area contributed by atoms with Crippen LogP contribution in [0.4, 0.5) is 0 Å². The van der Waals surface area contributed by atoms with Gasteiger partial charge in [0.2, 0.25) is 0 Å². The highest BCUT2D eigenvalue weighted by Crippen LogP contribution is 2.18. The summed E-state index contributed by atoms with van der Waals surface area (Å²) in [6, 6.07) is 0. The lowest BCUT2D eigenvalue weighted by molar-refractivity contribution is -0.133. The summed E-state index contributed by atoms with van der Waals surface area (Å²) < 4.78 is 9.12. The largest absolute Gasteiger partial charge is 0.412 e.